The molecule has 2 rings (SSSR count). The molecule has 0 saturated carbocycles. The van der Waals surface area contributed by atoms with E-state index in [2.05, 4.69) is 13.8 Å². The van der Waals surface area contributed by atoms with Crippen molar-refractivity contribution in [1.29, 1.82) is 0 Å². The first-order valence-electron chi connectivity index (χ1n) is 7.17. The number of amides is 2. The van der Waals surface area contributed by atoms with Gasteiger partial charge in [-0.3, -0.25) is 9.59 Å². The molecule has 20 heavy (non-hydrogen) atoms. The van der Waals surface area contributed by atoms with Crippen LogP contribution in [0.15, 0.2) is 24.3 Å². The van der Waals surface area contributed by atoms with Crippen molar-refractivity contribution >= 4 is 23.7 Å². The zero-order chi connectivity index (χ0) is 14.7. The maximum absolute atomic E-state index is 12.6. The van der Waals surface area contributed by atoms with Gasteiger partial charge in [-0.05, 0) is 24.5 Å². The number of rotatable bonds is 4. The van der Waals surface area contributed by atoms with Crippen molar-refractivity contribution in [3.05, 3.63) is 24.3 Å². The minimum absolute atomic E-state index is 0.0995. The predicted octanol–water partition coefficient (Wildman–Crippen LogP) is 2.68. The van der Waals surface area contributed by atoms with Gasteiger partial charge in [0.25, 0.3) is 0 Å². The van der Waals surface area contributed by atoms with Crippen molar-refractivity contribution in [3.8, 4) is 0 Å². The van der Waals surface area contributed by atoms with E-state index in [9.17, 15) is 9.59 Å². The summed E-state index contributed by atoms with van der Waals surface area (Å²) in [7, 11) is 0. The molecule has 108 valence electrons. The van der Waals surface area contributed by atoms with Gasteiger partial charge in [-0.15, -0.1) is 0 Å². The Hall–Kier alpha value is -1.84. The molecule has 0 aliphatic carbocycles. The van der Waals surface area contributed by atoms with Crippen molar-refractivity contribution in [3.63, 3.8) is 0 Å². The summed E-state index contributed by atoms with van der Waals surface area (Å²) < 4.78 is 0. The van der Waals surface area contributed by atoms with E-state index in [0.717, 1.165) is 24.2 Å². The molecule has 0 unspecified atom stereocenters. The van der Waals surface area contributed by atoms with Gasteiger partial charge in [-0.1, -0.05) is 32.9 Å². The highest BCUT2D eigenvalue weighted by atomic mass is 16.2. The number of nitrogens with zero attached hydrogens (tertiary/aromatic N) is 2. The average molecular weight is 274 g/mol. The molecule has 1 aromatic carbocycles. The molecule has 4 nitrogen and oxygen atoms in total. The Labute approximate surface area is 120 Å². The third kappa shape index (κ3) is 2.84. The largest absolute Gasteiger partial charge is 0.312 e. The zero-order valence-corrected chi connectivity index (χ0v) is 12.4. The lowest BCUT2D eigenvalue weighted by atomic mass is 10.1. The molecular formula is C16H22N2O2. The number of hydrogen-bond acceptors (Lipinski definition) is 2. The van der Waals surface area contributed by atoms with Crippen molar-refractivity contribution in [2.24, 2.45) is 11.8 Å². The minimum Gasteiger partial charge on any atom is -0.312 e. The molecule has 1 heterocycles. The van der Waals surface area contributed by atoms with E-state index in [1.54, 1.807) is 4.90 Å². The maximum Gasteiger partial charge on any atom is 0.231 e. The first kappa shape index (κ1) is 14.6. The third-order valence-corrected chi connectivity index (χ3v) is 3.70. The Morgan fingerprint density at radius 1 is 1.30 bits per heavy atom. The molecule has 0 fully saturated rings. The first-order chi connectivity index (χ1) is 9.54. The number of anilines is 2. The molecule has 2 amide bonds. The van der Waals surface area contributed by atoms with Crippen LogP contribution >= 0.6 is 0 Å². The minimum atomic E-state index is -0.181. The smallest absolute Gasteiger partial charge is 0.231 e. The number of carbonyl (C=O) groups is 2. The molecule has 1 aliphatic rings. The van der Waals surface area contributed by atoms with Gasteiger partial charge in [0.15, 0.2) is 0 Å². The van der Waals surface area contributed by atoms with Crippen molar-refractivity contribution in [1.82, 2.24) is 0 Å². The van der Waals surface area contributed by atoms with Gasteiger partial charge in [0.2, 0.25) is 12.3 Å². The number of hydrogen-bond donors (Lipinski definition) is 0. The molecule has 0 aromatic heterocycles. The zero-order valence-electron chi connectivity index (χ0n) is 12.4. The van der Waals surface area contributed by atoms with Gasteiger partial charge in [-0.2, -0.15) is 0 Å². The summed E-state index contributed by atoms with van der Waals surface area (Å²) in [6, 6.07) is 7.63. The molecule has 1 aliphatic heterocycles. The Kier molecular flexibility index (Phi) is 4.42. The second-order valence-electron chi connectivity index (χ2n) is 5.82. The van der Waals surface area contributed by atoms with Crippen molar-refractivity contribution < 1.29 is 9.59 Å². The van der Waals surface area contributed by atoms with E-state index in [0.29, 0.717) is 19.0 Å². The highest BCUT2D eigenvalue weighted by Gasteiger charge is 2.30. The van der Waals surface area contributed by atoms with Crippen molar-refractivity contribution in [2.45, 2.75) is 27.2 Å². The average Bonchev–Trinajstić information content (AvgIpc) is 2.53. The quantitative estimate of drug-likeness (QED) is 0.792. The summed E-state index contributed by atoms with van der Waals surface area (Å²) in [6.45, 7) is 7.32. The molecule has 0 radical (unpaired) electrons. The second-order valence-corrected chi connectivity index (χ2v) is 5.82. The van der Waals surface area contributed by atoms with Crippen LogP contribution in [0.1, 0.15) is 27.2 Å². The summed E-state index contributed by atoms with van der Waals surface area (Å²) in [5.74, 6) is 0.456. The normalized spacial score (nSPS) is 19.0. The van der Waals surface area contributed by atoms with Crippen LogP contribution in [0, 0.1) is 11.8 Å². The maximum atomic E-state index is 12.6. The topological polar surface area (TPSA) is 40.6 Å². The number of para-hydroxylation sites is 2. The Bertz CT molecular complexity index is 499. The molecular weight excluding hydrogens is 252 g/mol. The van der Waals surface area contributed by atoms with E-state index in [1.165, 1.54) is 0 Å². The Morgan fingerprint density at radius 3 is 2.55 bits per heavy atom. The summed E-state index contributed by atoms with van der Waals surface area (Å²) in [4.78, 5) is 27.3. The van der Waals surface area contributed by atoms with Crippen LogP contribution in [0.25, 0.3) is 0 Å². The second kappa shape index (κ2) is 6.07. The highest BCUT2D eigenvalue weighted by Crippen LogP contribution is 2.33. The van der Waals surface area contributed by atoms with Crippen LogP contribution in [0.3, 0.4) is 0 Å². The van der Waals surface area contributed by atoms with Crippen LogP contribution in [-0.4, -0.2) is 25.4 Å². The molecule has 1 aromatic rings. The van der Waals surface area contributed by atoms with Gasteiger partial charge in [0.05, 0.1) is 17.3 Å². The number of carbonyl (C=O) groups excluding carboxylic acids is 2. The van der Waals surface area contributed by atoms with Crippen LogP contribution in [0.5, 0.6) is 0 Å². The lowest BCUT2D eigenvalue weighted by Gasteiger charge is -2.25. The Morgan fingerprint density at radius 2 is 1.95 bits per heavy atom. The van der Waals surface area contributed by atoms with E-state index in [4.69, 9.17) is 0 Å². The third-order valence-electron chi connectivity index (χ3n) is 3.70. The fraction of sp³-hybridized carbons (Fsp3) is 0.500. The summed E-state index contributed by atoms with van der Waals surface area (Å²) >= 11 is 0. The Balaban J connectivity index is 2.41. The monoisotopic (exact) mass is 274 g/mol. The molecule has 4 heteroatoms. The number of fused-ring (bicyclic) bond motifs is 1. The van der Waals surface area contributed by atoms with Crippen LogP contribution in [0.2, 0.25) is 0 Å². The lowest BCUT2D eigenvalue weighted by molar-refractivity contribution is -0.121. The molecule has 0 saturated heterocycles. The molecule has 0 bridgehead atoms. The number of benzene rings is 1. The van der Waals surface area contributed by atoms with E-state index in [-0.39, 0.29) is 11.8 Å². The van der Waals surface area contributed by atoms with Gasteiger partial charge < -0.3 is 9.80 Å². The fourth-order valence-electron chi connectivity index (χ4n) is 2.51. The highest BCUT2D eigenvalue weighted by molar-refractivity contribution is 6.02. The lowest BCUT2D eigenvalue weighted by Crippen LogP contribution is -2.37. The van der Waals surface area contributed by atoms with Crippen LogP contribution in [-0.2, 0) is 9.59 Å². The summed E-state index contributed by atoms with van der Waals surface area (Å²) in [5.41, 5.74) is 1.67. The first-order valence-corrected chi connectivity index (χ1v) is 7.17. The van der Waals surface area contributed by atoms with E-state index >= 15 is 0 Å². The molecule has 0 spiro atoms. The van der Waals surface area contributed by atoms with E-state index < -0.39 is 0 Å². The van der Waals surface area contributed by atoms with Crippen LogP contribution < -0.4 is 9.80 Å². The predicted molar refractivity (Wildman–Crippen MR) is 80.8 cm³/mol. The fourth-order valence-corrected chi connectivity index (χ4v) is 2.51. The molecule has 0 N–H and O–H groups in total. The summed E-state index contributed by atoms with van der Waals surface area (Å²) in [5, 5.41) is 0. The van der Waals surface area contributed by atoms with Gasteiger partial charge in [0, 0.05) is 13.1 Å². The standard InChI is InChI=1S/C16H22N2O2/c1-12(2)8-9-18-15-7-5-4-6-14(15)17(11-19)10-13(3)16(18)20/h4-7,11-13H,8-10H2,1-3H3/t13-/m1/s1. The van der Waals surface area contributed by atoms with Gasteiger partial charge in [0.1, 0.15) is 0 Å². The van der Waals surface area contributed by atoms with Gasteiger partial charge in [-0.25, -0.2) is 0 Å². The van der Waals surface area contributed by atoms with Crippen molar-refractivity contribution in [2.75, 3.05) is 22.9 Å². The van der Waals surface area contributed by atoms with E-state index in [1.807, 2.05) is 36.1 Å². The molecule has 1 atom stereocenters. The van der Waals surface area contributed by atoms with Crippen LogP contribution in [0.4, 0.5) is 11.4 Å². The summed E-state index contributed by atoms with van der Waals surface area (Å²) in [6.07, 6.45) is 1.77. The van der Waals surface area contributed by atoms with Gasteiger partial charge >= 0.3 is 0 Å². The SMILES string of the molecule is CC(C)CCN1C(=O)[C@H](C)CN(C=O)c2ccccc21.